The Morgan fingerprint density at radius 3 is 2.80 bits per heavy atom. The van der Waals surface area contributed by atoms with Gasteiger partial charge in [0.05, 0.1) is 22.4 Å². The first-order valence-electron chi connectivity index (χ1n) is 8.94. The minimum Gasteiger partial charge on any atom is -0.337 e. The molecule has 1 aromatic carbocycles. The normalized spacial score (nSPS) is 17.8. The van der Waals surface area contributed by atoms with Crippen LogP contribution in [-0.2, 0) is 11.3 Å². The summed E-state index contributed by atoms with van der Waals surface area (Å²) in [7, 11) is 0. The van der Waals surface area contributed by atoms with E-state index >= 15 is 0 Å². The number of para-hydroxylation sites is 2. The number of hydrogen-bond donors (Lipinski definition) is 1. The van der Waals surface area contributed by atoms with Crippen molar-refractivity contribution in [2.24, 2.45) is 0 Å². The number of carbonyl (C=O) groups excluding carboxylic acids is 1. The summed E-state index contributed by atoms with van der Waals surface area (Å²) in [5.41, 5.74) is 1.34. The lowest BCUT2D eigenvalue weighted by Crippen LogP contribution is -2.50. The van der Waals surface area contributed by atoms with Crippen LogP contribution in [0.5, 0.6) is 0 Å². The van der Waals surface area contributed by atoms with Crippen LogP contribution >= 0.6 is 11.8 Å². The number of nitriles is 1. The summed E-state index contributed by atoms with van der Waals surface area (Å²) in [6.45, 7) is 4.77. The predicted molar refractivity (Wildman–Crippen MR) is 100 cm³/mol. The topological polar surface area (TPSA) is 70.7 Å². The van der Waals surface area contributed by atoms with Crippen molar-refractivity contribution in [2.75, 3.05) is 0 Å². The highest BCUT2D eigenvalue weighted by molar-refractivity contribution is 8.00. The van der Waals surface area contributed by atoms with Crippen LogP contribution in [0.1, 0.15) is 46.0 Å². The van der Waals surface area contributed by atoms with Gasteiger partial charge in [-0.1, -0.05) is 43.2 Å². The maximum Gasteiger partial charge on any atom is 0.234 e. The van der Waals surface area contributed by atoms with Gasteiger partial charge in [-0.15, -0.1) is 0 Å². The Morgan fingerprint density at radius 2 is 2.12 bits per heavy atom. The van der Waals surface area contributed by atoms with Crippen molar-refractivity contribution in [3.63, 3.8) is 0 Å². The largest absolute Gasteiger partial charge is 0.337 e. The number of thioether (sulfide) groups is 1. The SMILES string of the molecule is CCn1c(SC(C)C(=O)NC2(C#N)CCCCC2)nc2ccccc21. The molecule has 1 heterocycles. The Kier molecular flexibility index (Phi) is 5.33. The van der Waals surface area contributed by atoms with E-state index in [1.165, 1.54) is 11.8 Å². The van der Waals surface area contributed by atoms with Gasteiger partial charge in [0, 0.05) is 6.54 Å². The summed E-state index contributed by atoms with van der Waals surface area (Å²) in [4.78, 5) is 17.3. The first-order valence-corrected chi connectivity index (χ1v) is 9.82. The molecule has 1 fully saturated rings. The highest BCUT2D eigenvalue weighted by Crippen LogP contribution is 2.30. The summed E-state index contributed by atoms with van der Waals surface area (Å²) in [5.74, 6) is -0.0804. The molecule has 1 N–H and O–H groups in total. The van der Waals surface area contributed by atoms with Gasteiger partial charge in [0.2, 0.25) is 5.91 Å². The minimum atomic E-state index is -0.685. The molecule has 0 radical (unpaired) electrons. The van der Waals surface area contributed by atoms with Gasteiger partial charge in [0.25, 0.3) is 0 Å². The third-order valence-electron chi connectivity index (χ3n) is 4.87. The second kappa shape index (κ2) is 7.49. The average Bonchev–Trinajstić information content (AvgIpc) is 2.99. The lowest BCUT2D eigenvalue weighted by molar-refractivity contribution is -0.121. The zero-order chi connectivity index (χ0) is 17.9. The van der Waals surface area contributed by atoms with Crippen LogP contribution in [0.4, 0.5) is 0 Å². The van der Waals surface area contributed by atoms with Gasteiger partial charge in [-0.25, -0.2) is 4.98 Å². The van der Waals surface area contributed by atoms with Gasteiger partial charge in [0.15, 0.2) is 5.16 Å². The van der Waals surface area contributed by atoms with Crippen LogP contribution in [0.25, 0.3) is 11.0 Å². The number of benzene rings is 1. The molecule has 25 heavy (non-hydrogen) atoms. The molecule has 1 aromatic heterocycles. The van der Waals surface area contributed by atoms with Crippen molar-refractivity contribution < 1.29 is 4.79 Å². The number of carbonyl (C=O) groups is 1. The molecule has 132 valence electrons. The van der Waals surface area contributed by atoms with E-state index in [0.29, 0.717) is 0 Å². The van der Waals surface area contributed by atoms with Crippen molar-refractivity contribution >= 4 is 28.7 Å². The number of rotatable bonds is 5. The van der Waals surface area contributed by atoms with Crippen molar-refractivity contribution in [1.82, 2.24) is 14.9 Å². The molecule has 2 aromatic rings. The lowest BCUT2D eigenvalue weighted by Gasteiger charge is -2.32. The molecule has 1 unspecified atom stereocenters. The molecule has 0 bridgehead atoms. The van der Waals surface area contributed by atoms with E-state index in [1.807, 2.05) is 31.2 Å². The fourth-order valence-corrected chi connectivity index (χ4v) is 4.41. The number of fused-ring (bicyclic) bond motifs is 1. The Balaban J connectivity index is 1.74. The van der Waals surface area contributed by atoms with Gasteiger partial charge in [-0.05, 0) is 38.8 Å². The maximum absolute atomic E-state index is 12.7. The molecule has 1 aliphatic rings. The first-order chi connectivity index (χ1) is 12.1. The van der Waals surface area contributed by atoms with E-state index in [9.17, 15) is 10.1 Å². The highest BCUT2D eigenvalue weighted by atomic mass is 32.2. The summed E-state index contributed by atoms with van der Waals surface area (Å²) >= 11 is 1.46. The number of aryl methyl sites for hydroxylation is 1. The fraction of sp³-hybridized carbons (Fsp3) is 0.526. The molecule has 1 aliphatic carbocycles. The van der Waals surface area contributed by atoms with E-state index < -0.39 is 5.54 Å². The van der Waals surface area contributed by atoms with E-state index in [0.717, 1.165) is 54.8 Å². The zero-order valence-electron chi connectivity index (χ0n) is 14.8. The van der Waals surface area contributed by atoms with Crippen LogP contribution in [0.2, 0.25) is 0 Å². The van der Waals surface area contributed by atoms with Crippen LogP contribution in [0, 0.1) is 11.3 Å². The Bertz CT molecular complexity index is 801. The predicted octanol–water partition coefficient (Wildman–Crippen LogP) is 3.88. The van der Waals surface area contributed by atoms with Crippen LogP contribution in [-0.4, -0.2) is 26.2 Å². The fourth-order valence-electron chi connectivity index (χ4n) is 3.42. The molecule has 6 heteroatoms. The second-order valence-electron chi connectivity index (χ2n) is 6.63. The van der Waals surface area contributed by atoms with Crippen LogP contribution < -0.4 is 5.32 Å². The molecule has 0 aliphatic heterocycles. The number of amides is 1. The number of hydrogen-bond acceptors (Lipinski definition) is 4. The average molecular weight is 356 g/mol. The summed E-state index contributed by atoms with van der Waals surface area (Å²) in [5, 5.41) is 13.1. The van der Waals surface area contributed by atoms with Gasteiger partial charge in [0.1, 0.15) is 5.54 Å². The third-order valence-corrected chi connectivity index (χ3v) is 5.96. The second-order valence-corrected chi connectivity index (χ2v) is 7.94. The zero-order valence-corrected chi connectivity index (χ0v) is 15.6. The van der Waals surface area contributed by atoms with Crippen molar-refractivity contribution in [2.45, 2.75) is 68.4 Å². The highest BCUT2D eigenvalue weighted by Gasteiger charge is 2.35. The Labute approximate surface area is 152 Å². The van der Waals surface area contributed by atoms with Gasteiger partial charge < -0.3 is 9.88 Å². The molecule has 1 saturated carbocycles. The quantitative estimate of drug-likeness (QED) is 0.825. The Morgan fingerprint density at radius 1 is 1.40 bits per heavy atom. The third kappa shape index (κ3) is 3.67. The molecule has 0 saturated heterocycles. The number of imidazole rings is 1. The summed E-state index contributed by atoms with van der Waals surface area (Å²) in [6, 6.07) is 10.4. The smallest absolute Gasteiger partial charge is 0.234 e. The van der Waals surface area contributed by atoms with E-state index in [2.05, 4.69) is 27.9 Å². The maximum atomic E-state index is 12.7. The van der Waals surface area contributed by atoms with Crippen molar-refractivity contribution in [3.05, 3.63) is 24.3 Å². The van der Waals surface area contributed by atoms with Crippen LogP contribution in [0.3, 0.4) is 0 Å². The monoisotopic (exact) mass is 356 g/mol. The molecule has 1 amide bonds. The van der Waals surface area contributed by atoms with Gasteiger partial charge in [-0.3, -0.25) is 4.79 Å². The molecule has 0 spiro atoms. The van der Waals surface area contributed by atoms with Crippen molar-refractivity contribution in [3.8, 4) is 6.07 Å². The van der Waals surface area contributed by atoms with E-state index in [4.69, 9.17) is 0 Å². The first kappa shape index (κ1) is 17.8. The molecular weight excluding hydrogens is 332 g/mol. The van der Waals surface area contributed by atoms with Gasteiger partial charge >= 0.3 is 0 Å². The number of nitrogens with zero attached hydrogens (tertiary/aromatic N) is 3. The number of nitrogens with one attached hydrogen (secondary N) is 1. The summed E-state index contributed by atoms with van der Waals surface area (Å²) < 4.78 is 2.13. The van der Waals surface area contributed by atoms with E-state index in [-0.39, 0.29) is 11.2 Å². The Hall–Kier alpha value is -2.00. The van der Waals surface area contributed by atoms with Crippen molar-refractivity contribution in [1.29, 1.82) is 5.26 Å². The van der Waals surface area contributed by atoms with E-state index in [1.54, 1.807) is 0 Å². The van der Waals surface area contributed by atoms with Gasteiger partial charge in [-0.2, -0.15) is 5.26 Å². The number of aromatic nitrogens is 2. The van der Waals surface area contributed by atoms with Crippen LogP contribution in [0.15, 0.2) is 29.4 Å². The molecule has 5 nitrogen and oxygen atoms in total. The lowest BCUT2D eigenvalue weighted by atomic mass is 9.83. The summed E-state index contributed by atoms with van der Waals surface area (Å²) in [6.07, 6.45) is 4.65. The molecular formula is C19H24N4OS. The minimum absolute atomic E-state index is 0.0804. The standard InChI is InChI=1S/C19H24N4OS/c1-3-23-16-10-6-5-9-15(16)21-18(23)25-14(2)17(24)22-19(13-20)11-7-4-8-12-19/h5-6,9-10,14H,3-4,7-8,11-12H2,1-2H3,(H,22,24). The molecule has 3 rings (SSSR count). The molecule has 1 atom stereocenters.